The lowest BCUT2D eigenvalue weighted by atomic mass is 9.58. The van der Waals surface area contributed by atoms with E-state index in [1.165, 1.54) is 50.5 Å². The first-order valence-corrected chi connectivity index (χ1v) is 11.3. The summed E-state index contributed by atoms with van der Waals surface area (Å²) in [6.07, 6.45) is 15.7. The highest BCUT2D eigenvalue weighted by Gasteiger charge is 2.52. The first-order valence-electron chi connectivity index (χ1n) is 10.3. The fraction of sp³-hybridized carbons (Fsp3) is 0.783. The van der Waals surface area contributed by atoms with Gasteiger partial charge in [0.1, 0.15) is 6.29 Å². The molecule has 3 aliphatic carbocycles. The average Bonchev–Trinajstić information content (AvgIpc) is 2.82. The van der Waals surface area contributed by atoms with E-state index in [-0.39, 0.29) is 5.41 Å². The summed E-state index contributed by atoms with van der Waals surface area (Å²) in [7, 11) is 0. The van der Waals surface area contributed by atoms with Crippen molar-refractivity contribution in [2.75, 3.05) is 0 Å². The molecule has 6 unspecified atom stereocenters. The van der Waals surface area contributed by atoms with Gasteiger partial charge in [-0.25, -0.2) is 0 Å². The summed E-state index contributed by atoms with van der Waals surface area (Å²) >= 11 is 3.76. The molecule has 1 nitrogen and oxygen atoms in total. The molecular formula is C23H35BrO. The van der Waals surface area contributed by atoms with Gasteiger partial charge in [0.25, 0.3) is 0 Å². The highest BCUT2D eigenvalue weighted by atomic mass is 79.9. The second-order valence-corrected chi connectivity index (χ2v) is 11.0. The molecule has 3 rings (SSSR count). The number of halogens is 1. The van der Waals surface area contributed by atoms with Crippen molar-refractivity contribution in [3.05, 3.63) is 23.3 Å². The van der Waals surface area contributed by atoms with Crippen molar-refractivity contribution < 1.29 is 4.79 Å². The number of hydrogen-bond donors (Lipinski definition) is 0. The fourth-order valence-corrected chi connectivity index (χ4v) is 7.36. The third-order valence-electron chi connectivity index (χ3n) is 8.04. The van der Waals surface area contributed by atoms with E-state index in [0.717, 1.165) is 30.5 Å². The van der Waals surface area contributed by atoms with Crippen molar-refractivity contribution >= 4 is 22.2 Å². The highest BCUT2D eigenvalue weighted by Crippen LogP contribution is 2.62. The molecule has 2 saturated carbocycles. The van der Waals surface area contributed by atoms with Crippen LogP contribution in [0.25, 0.3) is 0 Å². The highest BCUT2D eigenvalue weighted by molar-refractivity contribution is 9.09. The van der Waals surface area contributed by atoms with Crippen molar-refractivity contribution in [2.24, 2.45) is 28.6 Å². The molecule has 0 N–H and O–H groups in total. The third-order valence-corrected chi connectivity index (χ3v) is 8.36. The topological polar surface area (TPSA) is 17.1 Å². The standard InChI is InChI=1S/C23H35BrO/c1-5-18-6-7-21-20-9-11-22(3,15-16(2)24)19(10-13-25)14-17(20)8-12-23(18,21)4/h10,13-14,16,18,20-21H,5-9,11-12,15H2,1-4H3. The van der Waals surface area contributed by atoms with Crippen molar-refractivity contribution in [2.45, 2.75) is 83.9 Å². The lowest BCUT2D eigenvalue weighted by Crippen LogP contribution is -2.38. The monoisotopic (exact) mass is 406 g/mol. The van der Waals surface area contributed by atoms with Gasteiger partial charge in [0.05, 0.1) is 0 Å². The predicted molar refractivity (Wildman–Crippen MR) is 110 cm³/mol. The van der Waals surface area contributed by atoms with E-state index in [1.54, 1.807) is 5.57 Å². The maximum absolute atomic E-state index is 11.3. The number of alkyl halides is 1. The number of allylic oxidation sites excluding steroid dienone is 4. The lowest BCUT2D eigenvalue weighted by molar-refractivity contribution is -0.104. The van der Waals surface area contributed by atoms with Crippen LogP contribution in [0, 0.1) is 28.6 Å². The van der Waals surface area contributed by atoms with E-state index < -0.39 is 0 Å². The molecule has 0 aliphatic heterocycles. The molecule has 0 amide bonds. The van der Waals surface area contributed by atoms with Crippen molar-refractivity contribution in [1.29, 1.82) is 0 Å². The zero-order valence-electron chi connectivity index (χ0n) is 16.5. The number of carbonyl (C=O) groups is 1. The molecule has 25 heavy (non-hydrogen) atoms. The number of fused-ring (bicyclic) bond motifs is 3. The molecule has 0 bridgehead atoms. The number of aldehydes is 1. The molecule has 0 aromatic heterocycles. The zero-order valence-corrected chi connectivity index (χ0v) is 18.1. The average molecular weight is 407 g/mol. The predicted octanol–water partition coefficient (Wildman–Crippen LogP) is 6.86. The summed E-state index contributed by atoms with van der Waals surface area (Å²) in [4.78, 5) is 11.8. The van der Waals surface area contributed by atoms with Crippen LogP contribution in [0.4, 0.5) is 0 Å². The number of hydrogen-bond acceptors (Lipinski definition) is 1. The molecule has 2 fully saturated rings. The summed E-state index contributed by atoms with van der Waals surface area (Å²) in [5.74, 6) is 2.53. The molecule has 140 valence electrons. The van der Waals surface area contributed by atoms with Gasteiger partial charge in [-0.15, -0.1) is 0 Å². The van der Waals surface area contributed by atoms with Gasteiger partial charge in [-0.3, -0.25) is 4.79 Å². The van der Waals surface area contributed by atoms with Crippen LogP contribution in [-0.4, -0.2) is 11.1 Å². The van der Waals surface area contributed by atoms with Crippen LogP contribution in [0.2, 0.25) is 0 Å². The first kappa shape index (κ1) is 19.4. The van der Waals surface area contributed by atoms with Crippen molar-refractivity contribution in [1.82, 2.24) is 0 Å². The van der Waals surface area contributed by atoms with Crippen LogP contribution in [0.3, 0.4) is 0 Å². The minimum absolute atomic E-state index is 0.118. The maximum atomic E-state index is 11.3. The van der Waals surface area contributed by atoms with E-state index in [1.807, 2.05) is 6.08 Å². The molecular weight excluding hydrogens is 372 g/mol. The van der Waals surface area contributed by atoms with E-state index >= 15 is 0 Å². The Morgan fingerprint density at radius 2 is 2.04 bits per heavy atom. The lowest BCUT2D eigenvalue weighted by Gasteiger charge is -2.46. The molecule has 2 heteroatoms. The maximum Gasteiger partial charge on any atom is 0.143 e. The Labute approximate surface area is 162 Å². The Morgan fingerprint density at radius 1 is 1.28 bits per heavy atom. The molecule has 3 aliphatic rings. The molecule has 0 radical (unpaired) electrons. The van der Waals surface area contributed by atoms with Crippen molar-refractivity contribution in [3.63, 3.8) is 0 Å². The summed E-state index contributed by atoms with van der Waals surface area (Å²) in [5, 5.41) is 0. The normalized spacial score (nSPS) is 43.8. The Kier molecular flexibility index (Phi) is 5.69. The minimum Gasteiger partial charge on any atom is -0.299 e. The van der Waals surface area contributed by atoms with Crippen LogP contribution in [0.5, 0.6) is 0 Å². The Balaban J connectivity index is 1.94. The van der Waals surface area contributed by atoms with Gasteiger partial charge in [0.2, 0.25) is 0 Å². The SMILES string of the molecule is CCC1CCC2C3CCC(C)(CC(C)Br)C(=CC=O)C=C3CCC12C. The molecule has 0 saturated heterocycles. The minimum atomic E-state index is 0.118. The summed E-state index contributed by atoms with van der Waals surface area (Å²) < 4.78 is 0. The summed E-state index contributed by atoms with van der Waals surface area (Å²) in [6, 6.07) is 0. The number of rotatable bonds is 4. The van der Waals surface area contributed by atoms with Gasteiger partial charge in [-0.2, -0.15) is 0 Å². The first-order chi connectivity index (χ1) is 11.8. The molecule has 0 aromatic carbocycles. The molecule has 0 aromatic rings. The van der Waals surface area contributed by atoms with E-state index in [9.17, 15) is 4.79 Å². The van der Waals surface area contributed by atoms with E-state index in [4.69, 9.17) is 0 Å². The van der Waals surface area contributed by atoms with Gasteiger partial charge in [0, 0.05) is 4.83 Å². The number of carbonyl (C=O) groups excluding carboxylic acids is 1. The fourth-order valence-electron chi connectivity index (χ4n) is 6.64. The molecule has 0 spiro atoms. The van der Waals surface area contributed by atoms with E-state index in [2.05, 4.69) is 49.7 Å². The third kappa shape index (κ3) is 3.45. The van der Waals surface area contributed by atoms with Gasteiger partial charge in [-0.1, -0.05) is 61.7 Å². The van der Waals surface area contributed by atoms with Gasteiger partial charge in [-0.05, 0) is 85.2 Å². The Morgan fingerprint density at radius 3 is 2.68 bits per heavy atom. The van der Waals surface area contributed by atoms with Crippen LogP contribution in [0.1, 0.15) is 79.1 Å². The second-order valence-electron chi connectivity index (χ2n) is 9.46. The Bertz CT molecular complexity index is 575. The van der Waals surface area contributed by atoms with Crippen LogP contribution in [0.15, 0.2) is 23.3 Å². The smallest absolute Gasteiger partial charge is 0.143 e. The second kappa shape index (κ2) is 7.33. The largest absolute Gasteiger partial charge is 0.299 e. The summed E-state index contributed by atoms with van der Waals surface area (Å²) in [5.41, 5.74) is 3.60. The quantitative estimate of drug-likeness (QED) is 0.282. The van der Waals surface area contributed by atoms with Gasteiger partial charge < -0.3 is 0 Å². The van der Waals surface area contributed by atoms with Crippen LogP contribution in [-0.2, 0) is 4.79 Å². The van der Waals surface area contributed by atoms with E-state index in [0.29, 0.717) is 10.2 Å². The van der Waals surface area contributed by atoms with Gasteiger partial charge in [0.15, 0.2) is 0 Å². The van der Waals surface area contributed by atoms with Crippen LogP contribution < -0.4 is 0 Å². The molecule has 0 heterocycles. The zero-order chi connectivity index (χ0) is 18.2. The van der Waals surface area contributed by atoms with Crippen LogP contribution >= 0.6 is 15.9 Å². The van der Waals surface area contributed by atoms with Gasteiger partial charge >= 0.3 is 0 Å². The summed E-state index contributed by atoms with van der Waals surface area (Å²) in [6.45, 7) is 9.57. The van der Waals surface area contributed by atoms with Crippen molar-refractivity contribution in [3.8, 4) is 0 Å². The molecule has 6 atom stereocenters. The Hall–Kier alpha value is -0.370.